The minimum absolute atomic E-state index is 0.202. The van der Waals surface area contributed by atoms with Gasteiger partial charge in [0.05, 0.1) is 23.1 Å². The maximum absolute atomic E-state index is 12.6. The van der Waals surface area contributed by atoms with Crippen LogP contribution in [0.2, 0.25) is 0 Å². The third kappa shape index (κ3) is 4.41. The number of rotatable bonds is 5. The van der Waals surface area contributed by atoms with Crippen LogP contribution in [0.1, 0.15) is 46.0 Å². The molecule has 2 aromatic rings. The summed E-state index contributed by atoms with van der Waals surface area (Å²) in [4.78, 5) is 28.3. The van der Waals surface area contributed by atoms with Crippen molar-refractivity contribution in [2.45, 2.75) is 43.0 Å². The molecule has 3 aliphatic heterocycles. The van der Waals surface area contributed by atoms with Gasteiger partial charge >= 0.3 is 12.1 Å². The molecule has 1 amide bonds. The first-order chi connectivity index (χ1) is 16.6. The standard InChI is InChI=1S/C25H28N2O7S/c1-16-19(7-8-20-21(16)14-33-23(20)29)22(28)13-26-11-9-25(10-12-26)15-27(24(30)34-25)17-3-5-18(6-4-17)35(2,31)32/h3-8,22,28H,9-15H2,1-2H3. The number of anilines is 1. The monoisotopic (exact) mass is 500 g/mol. The van der Waals surface area contributed by atoms with Gasteiger partial charge in [0, 0.05) is 50.0 Å². The number of piperidine rings is 1. The normalized spacial score (nSPS) is 20.6. The molecule has 186 valence electrons. The lowest BCUT2D eigenvalue weighted by molar-refractivity contribution is -0.00987. The molecule has 35 heavy (non-hydrogen) atoms. The Kier molecular flexibility index (Phi) is 5.85. The van der Waals surface area contributed by atoms with Gasteiger partial charge in [-0.2, -0.15) is 0 Å². The van der Waals surface area contributed by atoms with Crippen LogP contribution in [-0.2, 0) is 25.9 Å². The van der Waals surface area contributed by atoms with E-state index in [1.165, 1.54) is 12.1 Å². The van der Waals surface area contributed by atoms with Gasteiger partial charge in [0.1, 0.15) is 12.2 Å². The summed E-state index contributed by atoms with van der Waals surface area (Å²) in [5, 5.41) is 10.9. The lowest BCUT2D eigenvalue weighted by Gasteiger charge is -2.38. The zero-order valence-electron chi connectivity index (χ0n) is 19.7. The Morgan fingerprint density at radius 1 is 1.09 bits per heavy atom. The van der Waals surface area contributed by atoms with E-state index in [4.69, 9.17) is 9.47 Å². The number of ether oxygens (including phenoxy) is 2. The Balaban J connectivity index is 1.21. The maximum Gasteiger partial charge on any atom is 0.415 e. The topological polar surface area (TPSA) is 113 Å². The summed E-state index contributed by atoms with van der Waals surface area (Å²) < 4.78 is 34.3. The molecule has 1 atom stereocenters. The van der Waals surface area contributed by atoms with E-state index in [0.29, 0.717) is 50.3 Å². The van der Waals surface area contributed by atoms with E-state index >= 15 is 0 Å². The summed E-state index contributed by atoms with van der Waals surface area (Å²) in [6.45, 7) is 4.31. The van der Waals surface area contributed by atoms with Crippen molar-refractivity contribution >= 4 is 27.6 Å². The van der Waals surface area contributed by atoms with Gasteiger partial charge in [0.15, 0.2) is 9.84 Å². The van der Waals surface area contributed by atoms with Gasteiger partial charge in [-0.15, -0.1) is 0 Å². The van der Waals surface area contributed by atoms with Crippen LogP contribution < -0.4 is 4.90 Å². The first-order valence-corrected chi connectivity index (χ1v) is 13.5. The fourth-order valence-electron chi connectivity index (χ4n) is 5.17. The maximum atomic E-state index is 12.6. The molecule has 2 saturated heterocycles. The van der Waals surface area contributed by atoms with Crippen LogP contribution in [0.25, 0.3) is 0 Å². The quantitative estimate of drug-likeness (QED) is 0.624. The fourth-order valence-corrected chi connectivity index (χ4v) is 5.80. The minimum atomic E-state index is -3.31. The van der Waals surface area contributed by atoms with E-state index in [9.17, 15) is 23.1 Å². The second kappa shape index (κ2) is 8.61. The molecule has 2 aromatic carbocycles. The predicted octanol–water partition coefficient (Wildman–Crippen LogP) is 2.59. The fraction of sp³-hybridized carbons (Fsp3) is 0.440. The Labute approximate surface area is 204 Å². The number of cyclic esters (lactones) is 1. The number of nitrogens with zero attached hydrogens (tertiary/aromatic N) is 2. The average Bonchev–Trinajstić information content (AvgIpc) is 3.35. The van der Waals surface area contributed by atoms with Crippen LogP contribution in [-0.4, -0.2) is 68.5 Å². The molecule has 1 unspecified atom stereocenters. The van der Waals surface area contributed by atoms with E-state index in [-0.39, 0.29) is 17.5 Å². The van der Waals surface area contributed by atoms with E-state index in [2.05, 4.69) is 4.90 Å². The van der Waals surface area contributed by atoms with Gasteiger partial charge in [0.25, 0.3) is 0 Å². The molecule has 2 fully saturated rings. The van der Waals surface area contributed by atoms with Gasteiger partial charge in [0.2, 0.25) is 0 Å². The number of benzene rings is 2. The van der Waals surface area contributed by atoms with Crippen LogP contribution in [0.4, 0.5) is 10.5 Å². The number of carbonyl (C=O) groups is 2. The molecular formula is C25H28N2O7S. The van der Waals surface area contributed by atoms with Crippen molar-refractivity contribution in [1.29, 1.82) is 0 Å². The highest BCUT2D eigenvalue weighted by Gasteiger charge is 2.47. The SMILES string of the molecule is Cc1c(C(O)CN2CCC3(CC2)CN(c2ccc(S(C)(=O)=O)cc2)C(=O)O3)ccc2c1COC2=O. The second-order valence-electron chi connectivity index (χ2n) is 9.60. The number of likely N-dealkylation sites (tertiary alicyclic amines) is 1. The van der Waals surface area contributed by atoms with Crippen LogP contribution in [0.3, 0.4) is 0 Å². The number of carbonyl (C=O) groups excluding carboxylic acids is 2. The third-order valence-electron chi connectivity index (χ3n) is 7.31. The molecular weight excluding hydrogens is 472 g/mol. The highest BCUT2D eigenvalue weighted by Crippen LogP contribution is 2.37. The Morgan fingerprint density at radius 2 is 1.77 bits per heavy atom. The van der Waals surface area contributed by atoms with E-state index in [1.54, 1.807) is 29.2 Å². The van der Waals surface area contributed by atoms with Gasteiger partial charge in [-0.05, 0) is 48.4 Å². The number of hydrogen-bond acceptors (Lipinski definition) is 8. The van der Waals surface area contributed by atoms with Crippen LogP contribution in [0, 0.1) is 6.92 Å². The Bertz CT molecular complexity index is 1280. The molecule has 9 nitrogen and oxygen atoms in total. The van der Waals surface area contributed by atoms with Crippen molar-refractivity contribution in [3.63, 3.8) is 0 Å². The first kappa shape index (κ1) is 23.8. The van der Waals surface area contributed by atoms with Crippen LogP contribution in [0.15, 0.2) is 41.3 Å². The van der Waals surface area contributed by atoms with E-state index < -0.39 is 27.6 Å². The number of β-amino-alcohol motifs (C(OH)–C–C–N with tert-alkyl or cyclic N) is 1. The van der Waals surface area contributed by atoms with Crippen LogP contribution in [0.5, 0.6) is 0 Å². The first-order valence-electron chi connectivity index (χ1n) is 11.6. The molecule has 0 radical (unpaired) electrons. The minimum Gasteiger partial charge on any atom is -0.457 e. The molecule has 10 heteroatoms. The van der Waals surface area contributed by atoms with Crippen molar-refractivity contribution in [3.05, 3.63) is 58.7 Å². The molecule has 5 rings (SSSR count). The summed E-state index contributed by atoms with van der Waals surface area (Å²) in [7, 11) is -3.31. The van der Waals surface area contributed by atoms with Crippen molar-refractivity contribution in [2.75, 3.05) is 37.3 Å². The molecule has 0 aromatic heterocycles. The van der Waals surface area contributed by atoms with Crippen LogP contribution >= 0.6 is 0 Å². The molecule has 3 heterocycles. The molecule has 1 spiro atoms. The number of aliphatic hydroxyl groups excluding tert-OH is 1. The lowest BCUT2D eigenvalue weighted by atomic mass is 9.90. The zero-order valence-corrected chi connectivity index (χ0v) is 20.5. The number of hydrogen-bond donors (Lipinski definition) is 1. The predicted molar refractivity (Wildman–Crippen MR) is 127 cm³/mol. The molecule has 0 aliphatic carbocycles. The number of sulfone groups is 1. The van der Waals surface area contributed by atoms with E-state index in [1.807, 2.05) is 6.92 Å². The summed E-state index contributed by atoms with van der Waals surface area (Å²) in [5.41, 5.74) is 3.08. The summed E-state index contributed by atoms with van der Waals surface area (Å²) in [5.74, 6) is -0.322. The Morgan fingerprint density at radius 3 is 2.43 bits per heavy atom. The third-order valence-corrected chi connectivity index (χ3v) is 8.44. The summed E-state index contributed by atoms with van der Waals surface area (Å²) in [6.07, 6.45) is 1.27. The van der Waals surface area contributed by atoms with Gasteiger partial charge < -0.3 is 19.5 Å². The number of amides is 1. The van der Waals surface area contributed by atoms with Crippen molar-refractivity contribution < 1.29 is 32.6 Å². The highest BCUT2D eigenvalue weighted by atomic mass is 32.2. The van der Waals surface area contributed by atoms with Gasteiger partial charge in [-0.3, -0.25) is 4.90 Å². The zero-order chi connectivity index (χ0) is 25.0. The largest absolute Gasteiger partial charge is 0.457 e. The molecule has 3 aliphatic rings. The highest BCUT2D eigenvalue weighted by molar-refractivity contribution is 7.90. The van der Waals surface area contributed by atoms with Crippen molar-refractivity contribution in [2.24, 2.45) is 0 Å². The number of esters is 1. The van der Waals surface area contributed by atoms with Crippen molar-refractivity contribution in [3.8, 4) is 0 Å². The smallest absolute Gasteiger partial charge is 0.415 e. The summed E-state index contributed by atoms with van der Waals surface area (Å²) in [6, 6.07) is 9.75. The van der Waals surface area contributed by atoms with Gasteiger partial charge in [-0.25, -0.2) is 18.0 Å². The number of aliphatic hydroxyl groups is 1. The van der Waals surface area contributed by atoms with Crippen molar-refractivity contribution in [1.82, 2.24) is 4.90 Å². The Hall–Kier alpha value is -2.95. The lowest BCUT2D eigenvalue weighted by Crippen LogP contribution is -2.47. The average molecular weight is 501 g/mol. The molecule has 0 bridgehead atoms. The second-order valence-corrected chi connectivity index (χ2v) is 11.6. The number of fused-ring (bicyclic) bond motifs is 1. The summed E-state index contributed by atoms with van der Waals surface area (Å²) >= 11 is 0. The molecule has 0 saturated carbocycles. The van der Waals surface area contributed by atoms with E-state index in [0.717, 1.165) is 22.9 Å². The molecule has 1 N–H and O–H groups in total. The van der Waals surface area contributed by atoms with Gasteiger partial charge in [-0.1, -0.05) is 6.07 Å².